The summed E-state index contributed by atoms with van der Waals surface area (Å²) in [5, 5.41) is 0. The van der Waals surface area contributed by atoms with Gasteiger partial charge in [-0.25, -0.2) is 8.42 Å². The summed E-state index contributed by atoms with van der Waals surface area (Å²) >= 11 is 0. The van der Waals surface area contributed by atoms with E-state index in [1.165, 1.54) is 23.5 Å². The van der Waals surface area contributed by atoms with Crippen molar-refractivity contribution < 1.29 is 17.9 Å². The number of ether oxygens (including phenoxy) is 1. The maximum absolute atomic E-state index is 13.3. The normalized spacial score (nSPS) is 14.6. The lowest BCUT2D eigenvalue weighted by molar-refractivity contribution is -0.130. The fourth-order valence-corrected chi connectivity index (χ4v) is 4.56. The highest BCUT2D eigenvalue weighted by molar-refractivity contribution is 7.92. The summed E-state index contributed by atoms with van der Waals surface area (Å²) in [5.74, 6) is 0.403. The average molecular weight is 388 g/mol. The minimum atomic E-state index is -3.88. The number of carbonyl (C=O) groups is 1. The van der Waals surface area contributed by atoms with E-state index in [0.717, 1.165) is 19.3 Å². The molecule has 1 amide bonds. The molecule has 27 heavy (non-hydrogen) atoms. The first-order valence-corrected chi connectivity index (χ1v) is 10.5. The molecular weight excluding hydrogens is 364 g/mol. The van der Waals surface area contributed by atoms with Crippen molar-refractivity contribution in [1.29, 1.82) is 0 Å². The second kappa shape index (κ2) is 8.43. The van der Waals surface area contributed by atoms with Crippen molar-refractivity contribution in [1.82, 2.24) is 4.90 Å². The number of likely N-dealkylation sites (tertiary alicyclic amines) is 1. The van der Waals surface area contributed by atoms with Gasteiger partial charge in [0.2, 0.25) is 5.91 Å². The Hall–Kier alpha value is -2.54. The van der Waals surface area contributed by atoms with E-state index in [1.54, 1.807) is 41.3 Å². The number of hydrogen-bond acceptors (Lipinski definition) is 4. The van der Waals surface area contributed by atoms with Gasteiger partial charge in [0.05, 0.1) is 17.7 Å². The zero-order chi connectivity index (χ0) is 19.3. The van der Waals surface area contributed by atoms with Crippen LogP contribution in [0.3, 0.4) is 0 Å². The SMILES string of the molecule is COc1ccc(S(=O)(=O)N(CC(=O)N2CCCCC2)c2ccccc2)cc1. The lowest BCUT2D eigenvalue weighted by Gasteiger charge is -2.30. The molecular formula is C20H24N2O4S. The second-order valence-corrected chi connectivity index (χ2v) is 8.33. The molecule has 0 saturated carbocycles. The predicted octanol–water partition coefficient (Wildman–Crippen LogP) is 2.90. The maximum atomic E-state index is 13.3. The molecule has 3 rings (SSSR count). The standard InChI is InChI=1S/C20H24N2O4S/c1-26-18-10-12-19(13-11-18)27(24,25)22(17-8-4-2-5-9-17)16-20(23)21-14-6-3-7-15-21/h2,4-5,8-13H,3,6-7,14-16H2,1H3. The highest BCUT2D eigenvalue weighted by atomic mass is 32.2. The van der Waals surface area contributed by atoms with Crippen molar-refractivity contribution in [3.63, 3.8) is 0 Å². The Kier molecular flexibility index (Phi) is 6.01. The molecule has 0 spiro atoms. The molecule has 0 aliphatic carbocycles. The van der Waals surface area contributed by atoms with Gasteiger partial charge in [-0.15, -0.1) is 0 Å². The molecule has 6 nitrogen and oxygen atoms in total. The Labute approximate surface area is 160 Å². The molecule has 2 aromatic carbocycles. The molecule has 144 valence electrons. The van der Waals surface area contributed by atoms with Gasteiger partial charge in [0.25, 0.3) is 10.0 Å². The fourth-order valence-electron chi connectivity index (χ4n) is 3.15. The number of nitrogens with zero attached hydrogens (tertiary/aromatic N) is 2. The van der Waals surface area contributed by atoms with E-state index < -0.39 is 10.0 Å². The van der Waals surface area contributed by atoms with Gasteiger partial charge in [0.15, 0.2) is 0 Å². The fraction of sp³-hybridized carbons (Fsp3) is 0.350. The Morgan fingerprint density at radius 1 is 1.00 bits per heavy atom. The molecule has 1 fully saturated rings. The van der Waals surface area contributed by atoms with Crippen molar-refractivity contribution >= 4 is 21.6 Å². The van der Waals surface area contributed by atoms with E-state index in [2.05, 4.69) is 0 Å². The lowest BCUT2D eigenvalue weighted by atomic mass is 10.1. The first-order valence-electron chi connectivity index (χ1n) is 9.02. The Balaban J connectivity index is 1.92. The summed E-state index contributed by atoms with van der Waals surface area (Å²) in [6.45, 7) is 1.16. The number of piperidine rings is 1. The van der Waals surface area contributed by atoms with Gasteiger partial charge < -0.3 is 9.64 Å². The van der Waals surface area contributed by atoms with Crippen molar-refractivity contribution in [2.45, 2.75) is 24.2 Å². The zero-order valence-electron chi connectivity index (χ0n) is 15.4. The summed E-state index contributed by atoms with van der Waals surface area (Å²) in [6, 6.07) is 14.9. The number of sulfonamides is 1. The van der Waals surface area contributed by atoms with Gasteiger partial charge in [-0.2, -0.15) is 0 Å². The van der Waals surface area contributed by atoms with Crippen LogP contribution in [0.4, 0.5) is 5.69 Å². The number of anilines is 1. The third kappa shape index (κ3) is 4.42. The van der Waals surface area contributed by atoms with E-state index in [1.807, 2.05) is 6.07 Å². The molecule has 1 heterocycles. The number of amides is 1. The Morgan fingerprint density at radius 3 is 2.22 bits per heavy atom. The lowest BCUT2D eigenvalue weighted by Crippen LogP contribution is -2.44. The zero-order valence-corrected chi connectivity index (χ0v) is 16.2. The third-order valence-electron chi connectivity index (χ3n) is 4.68. The van der Waals surface area contributed by atoms with Crippen LogP contribution in [-0.4, -0.2) is 46.0 Å². The molecule has 0 radical (unpaired) electrons. The maximum Gasteiger partial charge on any atom is 0.264 e. The monoisotopic (exact) mass is 388 g/mol. The van der Waals surface area contributed by atoms with Gasteiger partial charge in [0, 0.05) is 13.1 Å². The van der Waals surface area contributed by atoms with E-state index in [-0.39, 0.29) is 17.3 Å². The molecule has 0 bridgehead atoms. The molecule has 0 aromatic heterocycles. The average Bonchev–Trinajstić information content (AvgIpc) is 2.73. The smallest absolute Gasteiger partial charge is 0.264 e. The quantitative estimate of drug-likeness (QED) is 0.763. The summed E-state index contributed by atoms with van der Waals surface area (Å²) in [6.07, 6.45) is 3.03. The van der Waals surface area contributed by atoms with Crippen LogP contribution >= 0.6 is 0 Å². The third-order valence-corrected chi connectivity index (χ3v) is 6.47. The van der Waals surface area contributed by atoms with Crippen LogP contribution in [0.5, 0.6) is 5.75 Å². The highest BCUT2D eigenvalue weighted by Gasteiger charge is 2.29. The molecule has 1 saturated heterocycles. The van der Waals surface area contributed by atoms with Crippen LogP contribution in [0.25, 0.3) is 0 Å². The van der Waals surface area contributed by atoms with Crippen LogP contribution in [0.1, 0.15) is 19.3 Å². The van der Waals surface area contributed by atoms with Gasteiger partial charge in [-0.3, -0.25) is 9.10 Å². The first kappa shape index (κ1) is 19.2. The minimum Gasteiger partial charge on any atom is -0.497 e. The van der Waals surface area contributed by atoms with Crippen molar-refractivity contribution in [3.8, 4) is 5.75 Å². The number of hydrogen-bond donors (Lipinski definition) is 0. The van der Waals surface area contributed by atoms with Crippen LogP contribution in [0, 0.1) is 0 Å². The van der Waals surface area contributed by atoms with E-state index in [4.69, 9.17) is 4.74 Å². The predicted molar refractivity (Wildman–Crippen MR) is 104 cm³/mol. The molecule has 0 atom stereocenters. The summed E-state index contributed by atoms with van der Waals surface area (Å²) < 4.78 is 32.8. The van der Waals surface area contributed by atoms with Gasteiger partial charge in [-0.1, -0.05) is 18.2 Å². The van der Waals surface area contributed by atoms with Crippen LogP contribution in [0.2, 0.25) is 0 Å². The number of rotatable bonds is 6. The molecule has 1 aliphatic rings. The summed E-state index contributed by atoms with van der Waals surface area (Å²) in [5.41, 5.74) is 0.471. The van der Waals surface area contributed by atoms with Gasteiger partial charge in [0.1, 0.15) is 12.3 Å². The van der Waals surface area contributed by atoms with Crippen LogP contribution in [0.15, 0.2) is 59.5 Å². The molecule has 7 heteroatoms. The molecule has 0 N–H and O–H groups in total. The number of para-hydroxylation sites is 1. The van der Waals surface area contributed by atoms with Gasteiger partial charge >= 0.3 is 0 Å². The Bertz CT molecular complexity index is 861. The van der Waals surface area contributed by atoms with Crippen LogP contribution in [-0.2, 0) is 14.8 Å². The number of methoxy groups -OCH3 is 1. The van der Waals surface area contributed by atoms with E-state index >= 15 is 0 Å². The van der Waals surface area contributed by atoms with E-state index in [0.29, 0.717) is 24.5 Å². The first-order chi connectivity index (χ1) is 13.0. The second-order valence-electron chi connectivity index (χ2n) is 6.46. The molecule has 0 unspecified atom stereocenters. The topological polar surface area (TPSA) is 66.9 Å². The summed E-state index contributed by atoms with van der Waals surface area (Å²) in [4.78, 5) is 14.6. The van der Waals surface area contributed by atoms with Crippen molar-refractivity contribution in [2.75, 3.05) is 31.0 Å². The van der Waals surface area contributed by atoms with E-state index in [9.17, 15) is 13.2 Å². The number of carbonyl (C=O) groups excluding carboxylic acids is 1. The Morgan fingerprint density at radius 2 is 1.63 bits per heavy atom. The highest BCUT2D eigenvalue weighted by Crippen LogP contribution is 2.25. The van der Waals surface area contributed by atoms with Gasteiger partial charge in [-0.05, 0) is 55.7 Å². The molecule has 1 aliphatic heterocycles. The largest absolute Gasteiger partial charge is 0.497 e. The number of benzene rings is 2. The summed E-state index contributed by atoms with van der Waals surface area (Å²) in [7, 11) is -2.36. The van der Waals surface area contributed by atoms with Crippen LogP contribution < -0.4 is 9.04 Å². The minimum absolute atomic E-state index is 0.124. The van der Waals surface area contributed by atoms with Crippen molar-refractivity contribution in [3.05, 3.63) is 54.6 Å². The molecule has 2 aromatic rings. The van der Waals surface area contributed by atoms with Crippen molar-refractivity contribution in [2.24, 2.45) is 0 Å².